The lowest BCUT2D eigenvalue weighted by Crippen LogP contribution is -2.38. The minimum atomic E-state index is 0.0885. The number of nitrogens with zero attached hydrogens (tertiary/aromatic N) is 2. The standard InChI is InChI=1S/C18H23N3O2S/c1-12-16(13(2)23-20-12)11-24-17-7-5-4-6-15(17)18(22)21(3)14-8-9-19-10-14/h4-7,14,19H,8-11H2,1-3H3. The maximum atomic E-state index is 12.9. The highest BCUT2D eigenvalue weighted by Crippen LogP contribution is 2.29. The number of benzene rings is 1. The van der Waals surface area contributed by atoms with Gasteiger partial charge in [0.1, 0.15) is 5.76 Å². The minimum absolute atomic E-state index is 0.0885. The molecule has 1 amide bonds. The van der Waals surface area contributed by atoms with Gasteiger partial charge in [-0.15, -0.1) is 11.8 Å². The fraction of sp³-hybridized carbons (Fsp3) is 0.444. The number of carbonyl (C=O) groups is 1. The molecule has 2 aromatic rings. The molecular weight excluding hydrogens is 322 g/mol. The Morgan fingerprint density at radius 2 is 2.21 bits per heavy atom. The third-order valence-corrected chi connectivity index (χ3v) is 5.67. The second-order valence-electron chi connectivity index (χ2n) is 6.15. The van der Waals surface area contributed by atoms with Crippen LogP contribution in [0.3, 0.4) is 0 Å². The molecule has 1 aliphatic rings. The molecule has 0 aliphatic carbocycles. The molecule has 1 fully saturated rings. The van der Waals surface area contributed by atoms with Crippen LogP contribution in [0.15, 0.2) is 33.7 Å². The zero-order valence-corrected chi connectivity index (χ0v) is 15.2. The summed E-state index contributed by atoms with van der Waals surface area (Å²) >= 11 is 1.66. The number of thioether (sulfide) groups is 1. The average molecular weight is 345 g/mol. The van der Waals surface area contributed by atoms with Crippen LogP contribution < -0.4 is 5.32 Å². The van der Waals surface area contributed by atoms with Gasteiger partial charge in [0.05, 0.1) is 11.3 Å². The number of aromatic nitrogens is 1. The summed E-state index contributed by atoms with van der Waals surface area (Å²) in [6.07, 6.45) is 1.01. The first-order chi connectivity index (χ1) is 11.6. The van der Waals surface area contributed by atoms with Crippen LogP contribution in [0.5, 0.6) is 0 Å². The molecule has 1 saturated heterocycles. The Kier molecular flexibility index (Phi) is 5.26. The van der Waals surface area contributed by atoms with Crippen molar-refractivity contribution in [2.45, 2.75) is 37.0 Å². The number of amides is 1. The third kappa shape index (κ3) is 3.49. The Morgan fingerprint density at radius 1 is 1.42 bits per heavy atom. The van der Waals surface area contributed by atoms with E-state index in [-0.39, 0.29) is 11.9 Å². The molecule has 1 aromatic carbocycles. The quantitative estimate of drug-likeness (QED) is 0.844. The van der Waals surface area contributed by atoms with Gasteiger partial charge in [-0.1, -0.05) is 17.3 Å². The number of rotatable bonds is 5. The minimum Gasteiger partial charge on any atom is -0.361 e. The molecule has 0 bridgehead atoms. The van der Waals surface area contributed by atoms with Gasteiger partial charge in [0, 0.05) is 35.8 Å². The molecule has 3 rings (SSSR count). The van der Waals surface area contributed by atoms with E-state index in [1.807, 2.05) is 50.1 Å². The first-order valence-electron chi connectivity index (χ1n) is 8.19. The first kappa shape index (κ1) is 17.0. The topological polar surface area (TPSA) is 58.4 Å². The van der Waals surface area contributed by atoms with Crippen molar-refractivity contribution in [1.29, 1.82) is 0 Å². The average Bonchev–Trinajstić information content (AvgIpc) is 3.23. The molecule has 1 N–H and O–H groups in total. The number of carbonyl (C=O) groups excluding carboxylic acids is 1. The van der Waals surface area contributed by atoms with Crippen molar-refractivity contribution in [3.63, 3.8) is 0 Å². The van der Waals surface area contributed by atoms with Gasteiger partial charge in [-0.25, -0.2) is 0 Å². The van der Waals surface area contributed by atoms with Crippen LogP contribution >= 0.6 is 11.8 Å². The van der Waals surface area contributed by atoms with Crippen molar-refractivity contribution in [2.24, 2.45) is 0 Å². The molecular formula is C18H23N3O2S. The Bertz CT molecular complexity index is 703. The molecule has 6 heteroatoms. The van der Waals surface area contributed by atoms with E-state index in [0.717, 1.165) is 52.7 Å². The van der Waals surface area contributed by atoms with Crippen molar-refractivity contribution < 1.29 is 9.32 Å². The van der Waals surface area contributed by atoms with Crippen molar-refractivity contribution in [3.05, 3.63) is 46.8 Å². The second kappa shape index (κ2) is 7.40. The smallest absolute Gasteiger partial charge is 0.255 e. The van der Waals surface area contributed by atoms with E-state index in [0.29, 0.717) is 0 Å². The Hall–Kier alpha value is -1.79. The van der Waals surface area contributed by atoms with E-state index in [9.17, 15) is 4.79 Å². The molecule has 128 valence electrons. The van der Waals surface area contributed by atoms with Crippen LogP contribution in [0.1, 0.15) is 33.8 Å². The predicted octanol–water partition coefficient (Wildman–Crippen LogP) is 3.02. The molecule has 0 spiro atoms. The van der Waals surface area contributed by atoms with Crippen LogP contribution in [-0.2, 0) is 5.75 Å². The summed E-state index contributed by atoms with van der Waals surface area (Å²) in [6, 6.07) is 8.10. The highest BCUT2D eigenvalue weighted by molar-refractivity contribution is 7.98. The molecule has 1 atom stereocenters. The van der Waals surface area contributed by atoms with E-state index < -0.39 is 0 Å². The molecule has 2 heterocycles. The van der Waals surface area contributed by atoms with E-state index in [1.165, 1.54) is 0 Å². The molecule has 0 radical (unpaired) electrons. The molecule has 0 saturated carbocycles. The van der Waals surface area contributed by atoms with Gasteiger partial charge in [0.2, 0.25) is 0 Å². The van der Waals surface area contributed by atoms with Crippen LogP contribution in [0.25, 0.3) is 0 Å². The number of aryl methyl sites for hydroxylation is 2. The normalized spacial score (nSPS) is 17.2. The van der Waals surface area contributed by atoms with Crippen LogP contribution in [0.4, 0.5) is 0 Å². The zero-order valence-electron chi connectivity index (χ0n) is 14.3. The second-order valence-corrected chi connectivity index (χ2v) is 7.17. The van der Waals surface area contributed by atoms with Crippen molar-refractivity contribution in [3.8, 4) is 0 Å². The van der Waals surface area contributed by atoms with Crippen LogP contribution in [0.2, 0.25) is 0 Å². The lowest BCUT2D eigenvalue weighted by molar-refractivity contribution is 0.0740. The lowest BCUT2D eigenvalue weighted by atomic mass is 10.1. The summed E-state index contributed by atoms with van der Waals surface area (Å²) in [5.41, 5.74) is 2.79. The third-order valence-electron chi connectivity index (χ3n) is 4.57. The van der Waals surface area contributed by atoms with Gasteiger partial charge in [-0.2, -0.15) is 0 Å². The van der Waals surface area contributed by atoms with Gasteiger partial charge >= 0.3 is 0 Å². The highest BCUT2D eigenvalue weighted by Gasteiger charge is 2.25. The first-order valence-corrected chi connectivity index (χ1v) is 9.18. The van der Waals surface area contributed by atoms with Crippen molar-refractivity contribution in [1.82, 2.24) is 15.4 Å². The van der Waals surface area contributed by atoms with E-state index in [4.69, 9.17) is 4.52 Å². The monoisotopic (exact) mass is 345 g/mol. The SMILES string of the molecule is Cc1noc(C)c1CSc1ccccc1C(=O)N(C)C1CCNC1. The molecule has 24 heavy (non-hydrogen) atoms. The fourth-order valence-electron chi connectivity index (χ4n) is 2.95. The van der Waals surface area contributed by atoms with Crippen molar-refractivity contribution >= 4 is 17.7 Å². The summed E-state index contributed by atoms with van der Waals surface area (Å²) in [5.74, 6) is 1.68. The summed E-state index contributed by atoms with van der Waals surface area (Å²) in [4.78, 5) is 15.8. The largest absolute Gasteiger partial charge is 0.361 e. The summed E-state index contributed by atoms with van der Waals surface area (Å²) in [7, 11) is 1.90. The van der Waals surface area contributed by atoms with Crippen LogP contribution in [-0.4, -0.2) is 42.1 Å². The van der Waals surface area contributed by atoms with E-state index in [1.54, 1.807) is 11.8 Å². The van der Waals surface area contributed by atoms with Gasteiger partial charge < -0.3 is 14.7 Å². The maximum Gasteiger partial charge on any atom is 0.255 e. The van der Waals surface area contributed by atoms with Gasteiger partial charge in [-0.3, -0.25) is 4.79 Å². The predicted molar refractivity (Wildman–Crippen MR) is 95.3 cm³/mol. The van der Waals surface area contributed by atoms with Crippen LogP contribution in [0, 0.1) is 13.8 Å². The summed E-state index contributed by atoms with van der Waals surface area (Å²) in [6.45, 7) is 5.72. The highest BCUT2D eigenvalue weighted by atomic mass is 32.2. The Balaban J connectivity index is 1.76. The van der Waals surface area contributed by atoms with Gasteiger partial charge in [-0.05, 0) is 38.9 Å². The number of likely N-dealkylation sites (N-methyl/N-ethyl adjacent to an activating group) is 1. The molecule has 5 nitrogen and oxygen atoms in total. The number of hydrogen-bond donors (Lipinski definition) is 1. The molecule has 1 unspecified atom stereocenters. The Labute approximate surface area is 146 Å². The van der Waals surface area contributed by atoms with E-state index in [2.05, 4.69) is 10.5 Å². The summed E-state index contributed by atoms with van der Waals surface area (Å²) in [5, 5.41) is 7.31. The maximum absolute atomic E-state index is 12.9. The Morgan fingerprint density at radius 3 is 2.88 bits per heavy atom. The van der Waals surface area contributed by atoms with Gasteiger partial charge in [0.25, 0.3) is 5.91 Å². The zero-order chi connectivity index (χ0) is 17.1. The number of hydrogen-bond acceptors (Lipinski definition) is 5. The molecule has 1 aliphatic heterocycles. The molecule has 1 aromatic heterocycles. The fourth-order valence-corrected chi connectivity index (χ4v) is 4.15. The van der Waals surface area contributed by atoms with Gasteiger partial charge in [0.15, 0.2) is 0 Å². The number of nitrogens with one attached hydrogen (secondary N) is 1. The summed E-state index contributed by atoms with van der Waals surface area (Å²) < 4.78 is 5.22. The van der Waals surface area contributed by atoms with Crippen molar-refractivity contribution in [2.75, 3.05) is 20.1 Å². The van der Waals surface area contributed by atoms with E-state index >= 15 is 0 Å². The lowest BCUT2D eigenvalue weighted by Gasteiger charge is -2.24.